The normalized spacial score (nSPS) is 22.3. The van der Waals surface area contributed by atoms with Crippen molar-refractivity contribution in [2.24, 2.45) is 4.99 Å². The van der Waals surface area contributed by atoms with Gasteiger partial charge in [0.15, 0.2) is 5.96 Å². The quantitative estimate of drug-likeness (QED) is 0.326. The zero-order valence-corrected chi connectivity index (χ0v) is 19.1. The van der Waals surface area contributed by atoms with E-state index in [0.29, 0.717) is 25.5 Å². The van der Waals surface area contributed by atoms with Gasteiger partial charge in [-0.25, -0.2) is 0 Å². The largest absolute Gasteiger partial charge is 0.401 e. The molecule has 0 radical (unpaired) electrons. The Kier molecular flexibility index (Phi) is 7.83. The summed E-state index contributed by atoms with van der Waals surface area (Å²) in [6, 6.07) is 8.34. The molecule has 0 spiro atoms. The minimum absolute atomic E-state index is 0. The summed E-state index contributed by atoms with van der Waals surface area (Å²) in [5.41, 5.74) is 1.42. The number of nitrogens with zero attached hydrogens (tertiary/aromatic N) is 2. The van der Waals surface area contributed by atoms with E-state index >= 15 is 0 Å². The first-order valence-corrected chi connectivity index (χ1v) is 9.61. The zero-order valence-electron chi connectivity index (χ0n) is 15.2. The molecule has 1 unspecified atom stereocenters. The number of likely N-dealkylation sites (tertiary alicyclic amines) is 1. The minimum atomic E-state index is -4.14. The number of hydrogen-bond acceptors (Lipinski definition) is 2. The molecule has 0 amide bonds. The third kappa shape index (κ3) is 6.49. The Morgan fingerprint density at radius 2 is 2.11 bits per heavy atom. The molecule has 2 aliphatic rings. The van der Waals surface area contributed by atoms with E-state index in [4.69, 9.17) is 0 Å². The van der Waals surface area contributed by atoms with Crippen LogP contribution in [0.2, 0.25) is 0 Å². The SMILES string of the molecule is CN=C(NCC1(c2cccc(Br)c2)CC1)NC1CCN(CC(F)(F)F)C1.I. The molecule has 0 bridgehead atoms. The molecular formula is C18H25BrF3IN4. The number of rotatable bonds is 5. The highest BCUT2D eigenvalue weighted by molar-refractivity contribution is 14.0. The lowest BCUT2D eigenvalue weighted by Crippen LogP contribution is -2.47. The molecule has 1 atom stereocenters. The molecule has 3 rings (SSSR count). The molecule has 152 valence electrons. The standard InChI is InChI=1S/C18H24BrF3N4.HI/c1-23-16(25-15-5-8-26(10-15)12-18(20,21)22)24-11-17(6-7-17)13-3-2-4-14(19)9-13;/h2-4,9,15H,5-8,10-12H2,1H3,(H2,23,24,25);1H. The lowest BCUT2D eigenvalue weighted by Gasteiger charge is -2.22. The van der Waals surface area contributed by atoms with Crippen molar-refractivity contribution in [1.82, 2.24) is 15.5 Å². The fourth-order valence-electron chi connectivity index (χ4n) is 3.53. The van der Waals surface area contributed by atoms with E-state index in [1.807, 2.05) is 12.1 Å². The zero-order chi connectivity index (χ0) is 18.8. The van der Waals surface area contributed by atoms with Gasteiger partial charge in [-0.15, -0.1) is 24.0 Å². The minimum Gasteiger partial charge on any atom is -0.356 e. The molecule has 1 aromatic carbocycles. The third-order valence-electron chi connectivity index (χ3n) is 5.12. The van der Waals surface area contributed by atoms with Gasteiger partial charge in [-0.2, -0.15) is 13.2 Å². The van der Waals surface area contributed by atoms with Crippen LogP contribution in [0.1, 0.15) is 24.8 Å². The monoisotopic (exact) mass is 560 g/mol. The Morgan fingerprint density at radius 1 is 1.37 bits per heavy atom. The van der Waals surface area contributed by atoms with Gasteiger partial charge in [0.2, 0.25) is 0 Å². The highest BCUT2D eigenvalue weighted by atomic mass is 127. The number of nitrogens with one attached hydrogen (secondary N) is 2. The maximum Gasteiger partial charge on any atom is 0.401 e. The van der Waals surface area contributed by atoms with E-state index in [0.717, 1.165) is 23.9 Å². The van der Waals surface area contributed by atoms with Crippen LogP contribution >= 0.6 is 39.9 Å². The Labute approximate surface area is 183 Å². The van der Waals surface area contributed by atoms with E-state index in [9.17, 15) is 13.2 Å². The first-order valence-electron chi connectivity index (χ1n) is 8.82. The topological polar surface area (TPSA) is 39.7 Å². The lowest BCUT2D eigenvalue weighted by molar-refractivity contribution is -0.143. The summed E-state index contributed by atoms with van der Waals surface area (Å²) in [6.45, 7) is 0.762. The van der Waals surface area contributed by atoms with Crippen LogP contribution in [0.15, 0.2) is 33.7 Å². The molecule has 2 fully saturated rings. The van der Waals surface area contributed by atoms with Crippen molar-refractivity contribution in [3.8, 4) is 0 Å². The van der Waals surface area contributed by atoms with Gasteiger partial charge in [-0.05, 0) is 37.0 Å². The smallest absolute Gasteiger partial charge is 0.356 e. The van der Waals surface area contributed by atoms with E-state index < -0.39 is 12.7 Å². The number of alkyl halides is 3. The summed E-state index contributed by atoms with van der Waals surface area (Å²) in [5.74, 6) is 0.658. The van der Waals surface area contributed by atoms with E-state index in [1.165, 1.54) is 10.5 Å². The second-order valence-electron chi connectivity index (χ2n) is 7.20. The Hall–Kier alpha value is -0.550. The van der Waals surface area contributed by atoms with E-state index in [1.54, 1.807) is 7.05 Å². The van der Waals surface area contributed by atoms with Gasteiger partial charge in [0, 0.05) is 42.6 Å². The van der Waals surface area contributed by atoms with Crippen LogP contribution in [0.25, 0.3) is 0 Å². The molecule has 1 saturated heterocycles. The molecule has 9 heteroatoms. The van der Waals surface area contributed by atoms with Gasteiger partial charge in [0.25, 0.3) is 0 Å². The van der Waals surface area contributed by atoms with Crippen molar-refractivity contribution >= 4 is 45.9 Å². The van der Waals surface area contributed by atoms with Crippen LogP contribution in [0.4, 0.5) is 13.2 Å². The van der Waals surface area contributed by atoms with Crippen LogP contribution in [0.5, 0.6) is 0 Å². The van der Waals surface area contributed by atoms with Gasteiger partial charge in [0.1, 0.15) is 0 Å². The molecule has 1 aromatic rings. The average Bonchev–Trinajstić information content (AvgIpc) is 3.25. The highest BCUT2D eigenvalue weighted by Crippen LogP contribution is 2.48. The summed E-state index contributed by atoms with van der Waals surface area (Å²) in [7, 11) is 1.69. The molecular weight excluding hydrogens is 536 g/mol. The second kappa shape index (κ2) is 9.30. The van der Waals surface area contributed by atoms with Gasteiger partial charge < -0.3 is 10.6 Å². The maximum absolute atomic E-state index is 12.5. The summed E-state index contributed by atoms with van der Waals surface area (Å²) >= 11 is 3.52. The number of hydrogen-bond donors (Lipinski definition) is 2. The molecule has 2 N–H and O–H groups in total. The van der Waals surface area contributed by atoms with Crippen LogP contribution in [0, 0.1) is 0 Å². The summed E-state index contributed by atoms with van der Waals surface area (Å²) in [6.07, 6.45) is -1.21. The molecule has 1 aliphatic carbocycles. The molecule has 4 nitrogen and oxygen atoms in total. The molecule has 0 aromatic heterocycles. The van der Waals surface area contributed by atoms with Crippen molar-refractivity contribution in [1.29, 1.82) is 0 Å². The van der Waals surface area contributed by atoms with Crippen molar-refractivity contribution in [3.63, 3.8) is 0 Å². The Balaban J connectivity index is 0.00000261. The average molecular weight is 561 g/mol. The van der Waals surface area contributed by atoms with Gasteiger partial charge in [0.05, 0.1) is 6.54 Å². The van der Waals surface area contributed by atoms with Crippen molar-refractivity contribution in [2.45, 2.75) is 36.9 Å². The van der Waals surface area contributed by atoms with Gasteiger partial charge in [-0.1, -0.05) is 28.1 Å². The predicted octanol–water partition coefficient (Wildman–Crippen LogP) is 3.90. The Morgan fingerprint density at radius 3 is 2.70 bits per heavy atom. The van der Waals surface area contributed by atoms with Crippen LogP contribution in [0.3, 0.4) is 0 Å². The van der Waals surface area contributed by atoms with Crippen molar-refractivity contribution in [2.75, 3.05) is 33.2 Å². The predicted molar refractivity (Wildman–Crippen MR) is 116 cm³/mol. The second-order valence-corrected chi connectivity index (χ2v) is 8.11. The highest BCUT2D eigenvalue weighted by Gasteiger charge is 2.44. The lowest BCUT2D eigenvalue weighted by atomic mass is 9.96. The van der Waals surface area contributed by atoms with Crippen molar-refractivity contribution < 1.29 is 13.2 Å². The number of halogens is 5. The van der Waals surface area contributed by atoms with Gasteiger partial charge >= 0.3 is 6.18 Å². The fourth-order valence-corrected chi connectivity index (χ4v) is 3.92. The van der Waals surface area contributed by atoms with Crippen LogP contribution < -0.4 is 10.6 Å². The summed E-state index contributed by atoms with van der Waals surface area (Å²) < 4.78 is 38.6. The number of aliphatic imine (C=N–C) groups is 1. The molecule has 1 aliphatic heterocycles. The first-order chi connectivity index (χ1) is 12.3. The van der Waals surface area contributed by atoms with E-state index in [2.05, 4.69) is 43.7 Å². The summed E-state index contributed by atoms with van der Waals surface area (Å²) in [5, 5.41) is 6.63. The molecule has 1 heterocycles. The molecule has 1 saturated carbocycles. The van der Waals surface area contributed by atoms with Gasteiger partial charge in [-0.3, -0.25) is 9.89 Å². The Bertz CT molecular complexity index is 664. The van der Waals surface area contributed by atoms with Crippen molar-refractivity contribution in [3.05, 3.63) is 34.3 Å². The van der Waals surface area contributed by atoms with E-state index in [-0.39, 0.29) is 35.4 Å². The fraction of sp³-hybridized carbons (Fsp3) is 0.611. The third-order valence-corrected chi connectivity index (χ3v) is 5.62. The number of benzene rings is 1. The maximum atomic E-state index is 12.5. The first kappa shape index (κ1) is 22.7. The summed E-state index contributed by atoms with van der Waals surface area (Å²) in [4.78, 5) is 5.68. The van der Waals surface area contributed by atoms with Crippen LogP contribution in [-0.2, 0) is 5.41 Å². The van der Waals surface area contributed by atoms with Crippen LogP contribution in [-0.4, -0.2) is 56.3 Å². The molecule has 27 heavy (non-hydrogen) atoms. The number of guanidine groups is 1.